The molecule has 1 rings (SSSR count). The van der Waals surface area contributed by atoms with Crippen molar-refractivity contribution in [1.82, 2.24) is 0 Å². The maximum absolute atomic E-state index is 11.8. The molecule has 0 saturated carbocycles. The molecule has 1 amide bonds. The topological polar surface area (TPSA) is 81.4 Å². The summed E-state index contributed by atoms with van der Waals surface area (Å²) in [5, 5.41) is 4.62. The maximum atomic E-state index is 11.8. The molecule has 0 aromatic carbocycles. The van der Waals surface area contributed by atoms with Crippen LogP contribution in [0.1, 0.15) is 40.9 Å². The second-order valence-corrected chi connectivity index (χ2v) is 5.14. The van der Waals surface area contributed by atoms with Crippen molar-refractivity contribution in [2.45, 2.75) is 32.6 Å². The molecular formula is C13H20N2O3S. The summed E-state index contributed by atoms with van der Waals surface area (Å²) in [6.07, 6.45) is 3.12. The van der Waals surface area contributed by atoms with E-state index in [-0.39, 0.29) is 5.91 Å². The number of esters is 1. The summed E-state index contributed by atoms with van der Waals surface area (Å²) in [6, 6.07) is 0. The Labute approximate surface area is 117 Å². The van der Waals surface area contributed by atoms with Gasteiger partial charge in [0.05, 0.1) is 12.8 Å². The second-order valence-electron chi connectivity index (χ2n) is 4.26. The van der Waals surface area contributed by atoms with Crippen LogP contribution in [0.5, 0.6) is 0 Å². The Morgan fingerprint density at radius 3 is 2.74 bits per heavy atom. The summed E-state index contributed by atoms with van der Waals surface area (Å²) in [5.41, 5.74) is 6.84. The van der Waals surface area contributed by atoms with Crippen LogP contribution in [0, 0.1) is 6.92 Å². The number of nitrogens with one attached hydrogen (secondary N) is 1. The molecule has 6 heteroatoms. The first-order chi connectivity index (χ1) is 9.10. The Balaban J connectivity index is 2.58. The van der Waals surface area contributed by atoms with E-state index in [1.54, 1.807) is 0 Å². The second kappa shape index (κ2) is 7.91. The average Bonchev–Trinajstić information content (AvgIpc) is 2.75. The number of anilines is 1. The highest BCUT2D eigenvalue weighted by molar-refractivity contribution is 7.12. The number of unbranched alkanes of at least 4 members (excludes halogenated alkanes) is 2. The van der Waals surface area contributed by atoms with Crippen LogP contribution in [-0.2, 0) is 9.53 Å². The lowest BCUT2D eigenvalue weighted by molar-refractivity contribution is -0.116. The van der Waals surface area contributed by atoms with Crippen molar-refractivity contribution in [2.24, 2.45) is 5.73 Å². The van der Waals surface area contributed by atoms with E-state index in [1.165, 1.54) is 18.4 Å². The molecule has 0 atom stereocenters. The number of carbonyl (C=O) groups is 2. The van der Waals surface area contributed by atoms with E-state index in [2.05, 4.69) is 5.32 Å². The lowest BCUT2D eigenvalue weighted by Gasteiger charge is -2.07. The number of hydrogen-bond acceptors (Lipinski definition) is 5. The van der Waals surface area contributed by atoms with Crippen molar-refractivity contribution in [3.8, 4) is 0 Å². The monoisotopic (exact) mass is 284 g/mol. The number of aryl methyl sites for hydroxylation is 1. The van der Waals surface area contributed by atoms with E-state index in [1.807, 2.05) is 12.3 Å². The summed E-state index contributed by atoms with van der Waals surface area (Å²) in [5.74, 6) is -0.500. The lowest BCUT2D eigenvalue weighted by atomic mass is 10.2. The van der Waals surface area contributed by atoms with Gasteiger partial charge in [-0.25, -0.2) is 4.79 Å². The van der Waals surface area contributed by atoms with Gasteiger partial charge in [0.1, 0.15) is 4.88 Å². The fraction of sp³-hybridized carbons (Fsp3) is 0.538. The normalized spacial score (nSPS) is 10.3. The van der Waals surface area contributed by atoms with Crippen LogP contribution in [-0.4, -0.2) is 25.5 Å². The third-order valence-corrected chi connectivity index (χ3v) is 3.80. The predicted molar refractivity (Wildman–Crippen MR) is 76.5 cm³/mol. The van der Waals surface area contributed by atoms with Crippen LogP contribution in [0.25, 0.3) is 0 Å². The molecule has 5 nitrogen and oxygen atoms in total. The smallest absolute Gasteiger partial charge is 0.350 e. The summed E-state index contributed by atoms with van der Waals surface area (Å²) < 4.78 is 4.69. The molecule has 0 aliphatic carbocycles. The molecule has 0 radical (unpaired) electrons. The highest BCUT2D eigenvalue weighted by atomic mass is 32.1. The average molecular weight is 284 g/mol. The third-order valence-electron chi connectivity index (χ3n) is 2.72. The van der Waals surface area contributed by atoms with Gasteiger partial charge in [-0.15, -0.1) is 11.3 Å². The van der Waals surface area contributed by atoms with Crippen molar-refractivity contribution in [3.63, 3.8) is 0 Å². The quantitative estimate of drug-likeness (QED) is 0.594. The Hall–Kier alpha value is -1.40. The maximum Gasteiger partial charge on any atom is 0.350 e. The first-order valence-electron chi connectivity index (χ1n) is 6.26. The zero-order valence-corrected chi connectivity index (χ0v) is 12.1. The number of ether oxygens (including phenoxy) is 1. The minimum atomic E-state index is -0.420. The summed E-state index contributed by atoms with van der Waals surface area (Å²) in [6.45, 7) is 2.50. The van der Waals surface area contributed by atoms with E-state index < -0.39 is 5.97 Å². The Morgan fingerprint density at radius 2 is 2.11 bits per heavy atom. The van der Waals surface area contributed by atoms with E-state index >= 15 is 0 Å². The van der Waals surface area contributed by atoms with Gasteiger partial charge >= 0.3 is 5.97 Å². The Bertz CT molecular complexity index is 443. The van der Waals surface area contributed by atoms with Crippen molar-refractivity contribution in [2.75, 3.05) is 19.0 Å². The lowest BCUT2D eigenvalue weighted by Crippen LogP contribution is -2.14. The minimum absolute atomic E-state index is 0.0799. The first-order valence-corrected chi connectivity index (χ1v) is 7.14. The molecule has 3 N–H and O–H groups in total. The number of nitrogens with two attached hydrogens (primary N) is 1. The van der Waals surface area contributed by atoms with Crippen LogP contribution in [0.15, 0.2) is 5.38 Å². The fourth-order valence-corrected chi connectivity index (χ4v) is 2.57. The number of methoxy groups -OCH3 is 1. The van der Waals surface area contributed by atoms with E-state index in [0.29, 0.717) is 23.5 Å². The van der Waals surface area contributed by atoms with Gasteiger partial charge in [0.2, 0.25) is 5.91 Å². The number of hydrogen-bond donors (Lipinski definition) is 2. The molecule has 1 heterocycles. The van der Waals surface area contributed by atoms with Crippen LogP contribution in [0.4, 0.5) is 5.69 Å². The molecule has 19 heavy (non-hydrogen) atoms. The van der Waals surface area contributed by atoms with Crippen LogP contribution in [0.3, 0.4) is 0 Å². The zero-order chi connectivity index (χ0) is 14.3. The van der Waals surface area contributed by atoms with Crippen LogP contribution in [0.2, 0.25) is 0 Å². The SMILES string of the molecule is COC(=O)c1scc(C)c1NC(=O)CCCCCN. The molecule has 0 aliphatic heterocycles. The molecule has 1 aromatic heterocycles. The van der Waals surface area contributed by atoms with E-state index in [4.69, 9.17) is 10.5 Å². The molecule has 106 valence electrons. The number of rotatable bonds is 7. The minimum Gasteiger partial charge on any atom is -0.465 e. The number of carbonyl (C=O) groups excluding carboxylic acids is 2. The van der Waals surface area contributed by atoms with Gasteiger partial charge in [-0.05, 0) is 37.3 Å². The van der Waals surface area contributed by atoms with Gasteiger partial charge in [-0.2, -0.15) is 0 Å². The van der Waals surface area contributed by atoms with Gasteiger partial charge in [0.25, 0.3) is 0 Å². The van der Waals surface area contributed by atoms with Crippen LogP contribution < -0.4 is 11.1 Å². The van der Waals surface area contributed by atoms with E-state index in [0.717, 1.165) is 24.8 Å². The standard InChI is InChI=1S/C13H20N2O3S/c1-9-8-19-12(13(17)18-2)11(9)15-10(16)6-4-3-5-7-14/h8H,3-7,14H2,1-2H3,(H,15,16). The molecule has 0 unspecified atom stereocenters. The van der Waals surface area contributed by atoms with Gasteiger partial charge in [0.15, 0.2) is 0 Å². The summed E-state index contributed by atoms with van der Waals surface area (Å²) >= 11 is 1.28. The Kier molecular flexibility index (Phi) is 6.52. The number of amides is 1. The van der Waals surface area contributed by atoms with Crippen molar-refractivity contribution < 1.29 is 14.3 Å². The van der Waals surface area contributed by atoms with Crippen molar-refractivity contribution in [1.29, 1.82) is 0 Å². The van der Waals surface area contributed by atoms with Crippen LogP contribution >= 0.6 is 11.3 Å². The molecule has 0 saturated heterocycles. The summed E-state index contributed by atoms with van der Waals surface area (Å²) in [4.78, 5) is 23.8. The third kappa shape index (κ3) is 4.65. The van der Waals surface area contributed by atoms with Gasteiger partial charge in [-0.1, -0.05) is 6.42 Å². The van der Waals surface area contributed by atoms with Gasteiger partial charge in [0, 0.05) is 6.42 Å². The van der Waals surface area contributed by atoms with Gasteiger partial charge in [-0.3, -0.25) is 4.79 Å². The Morgan fingerprint density at radius 1 is 1.37 bits per heavy atom. The summed E-state index contributed by atoms with van der Waals surface area (Å²) in [7, 11) is 1.33. The predicted octanol–water partition coefficient (Wildman–Crippen LogP) is 2.30. The fourth-order valence-electron chi connectivity index (χ4n) is 1.65. The molecule has 0 fully saturated rings. The molecule has 0 bridgehead atoms. The first kappa shape index (κ1) is 15.7. The molecule has 0 spiro atoms. The van der Waals surface area contributed by atoms with E-state index in [9.17, 15) is 9.59 Å². The van der Waals surface area contributed by atoms with Crippen molar-refractivity contribution in [3.05, 3.63) is 15.8 Å². The number of thiophene rings is 1. The highest BCUT2D eigenvalue weighted by Crippen LogP contribution is 2.28. The van der Waals surface area contributed by atoms with Crippen molar-refractivity contribution >= 4 is 28.9 Å². The molecule has 0 aliphatic rings. The zero-order valence-electron chi connectivity index (χ0n) is 11.3. The highest BCUT2D eigenvalue weighted by Gasteiger charge is 2.18. The molecule has 1 aromatic rings. The largest absolute Gasteiger partial charge is 0.465 e. The molecular weight excluding hydrogens is 264 g/mol. The van der Waals surface area contributed by atoms with Gasteiger partial charge < -0.3 is 15.8 Å².